The van der Waals surface area contributed by atoms with Gasteiger partial charge in [-0.3, -0.25) is 24.3 Å². The molecule has 0 spiro atoms. The van der Waals surface area contributed by atoms with E-state index in [9.17, 15) is 23.2 Å². The van der Waals surface area contributed by atoms with Crippen LogP contribution in [0.1, 0.15) is 61.6 Å². The summed E-state index contributed by atoms with van der Waals surface area (Å²) in [6.07, 6.45) is 1.64. The van der Waals surface area contributed by atoms with E-state index >= 15 is 0 Å². The van der Waals surface area contributed by atoms with Gasteiger partial charge in [-0.15, -0.1) is 0 Å². The average molecular weight is 591 g/mol. The first-order chi connectivity index (χ1) is 20.7. The highest BCUT2D eigenvalue weighted by Gasteiger charge is 2.31. The third-order valence-corrected chi connectivity index (χ3v) is 8.34. The molecule has 2 aliphatic heterocycles. The molecular weight excluding hydrogens is 554 g/mol. The number of aromatic nitrogens is 1. The monoisotopic (exact) mass is 590 g/mol. The van der Waals surface area contributed by atoms with Crippen LogP contribution in [0, 0.1) is 18.7 Å². The molecule has 10 heteroatoms. The van der Waals surface area contributed by atoms with Crippen LogP contribution in [0.4, 0.5) is 8.78 Å². The van der Waals surface area contributed by atoms with E-state index in [0.717, 1.165) is 5.56 Å². The normalized spacial score (nSPS) is 19.6. The molecular formula is C33H36F2N4O4. The number of benzene rings is 2. The first kappa shape index (κ1) is 30.3. The van der Waals surface area contributed by atoms with Gasteiger partial charge in [0.05, 0.1) is 18.7 Å². The highest BCUT2D eigenvalue weighted by Crippen LogP contribution is 2.24. The third-order valence-electron chi connectivity index (χ3n) is 8.34. The number of nitrogens with one attached hydrogen (secondary N) is 1. The maximum absolute atomic E-state index is 15.0. The number of amides is 2. The molecule has 2 amide bonds. The third kappa shape index (κ3) is 7.25. The van der Waals surface area contributed by atoms with Crippen molar-refractivity contribution >= 4 is 17.6 Å². The van der Waals surface area contributed by atoms with Crippen LogP contribution in [0.3, 0.4) is 0 Å². The number of carbonyl (C=O) groups is 3. The van der Waals surface area contributed by atoms with Crippen molar-refractivity contribution < 1.29 is 27.9 Å². The number of pyridine rings is 1. The number of Topliss-reactive ketones (excluding diaryl/α,β-unsaturated/α-hetero) is 1. The van der Waals surface area contributed by atoms with Crippen molar-refractivity contribution in [2.24, 2.45) is 5.92 Å². The van der Waals surface area contributed by atoms with Crippen molar-refractivity contribution in [1.82, 2.24) is 20.1 Å². The summed E-state index contributed by atoms with van der Waals surface area (Å²) in [4.78, 5) is 46.6. The molecule has 0 radical (unpaired) electrons. The van der Waals surface area contributed by atoms with Crippen LogP contribution in [0.15, 0.2) is 60.8 Å². The Balaban J connectivity index is 1.09. The standard InChI is InChI=1S/C33H36F2N4O4/c1-21-17-22(3-9-27(21)34)19-38-14-13-29(28(35)20-38)37-32(41)25-6-10-30(36-18-25)33(42)39-15-11-24(12-16-39)31(40)23-4-7-26(43-2)8-5-23/h3-10,17-18,24,28-29H,11-16,19-20H2,1-2H3,(H,37,41)/t28-,29-/m1/s1. The van der Waals surface area contributed by atoms with E-state index in [0.29, 0.717) is 62.3 Å². The second-order valence-corrected chi connectivity index (χ2v) is 11.3. The lowest BCUT2D eigenvalue weighted by atomic mass is 9.88. The van der Waals surface area contributed by atoms with E-state index in [-0.39, 0.29) is 41.2 Å². The van der Waals surface area contributed by atoms with Crippen LogP contribution < -0.4 is 10.1 Å². The average Bonchev–Trinajstić information content (AvgIpc) is 3.03. The summed E-state index contributed by atoms with van der Waals surface area (Å²) in [5, 5.41) is 2.77. The number of halogens is 2. The first-order valence-electron chi connectivity index (χ1n) is 14.6. The predicted octanol–water partition coefficient (Wildman–Crippen LogP) is 4.62. The Kier molecular flexibility index (Phi) is 9.45. The van der Waals surface area contributed by atoms with Crippen LogP contribution in [0.5, 0.6) is 5.75 Å². The number of hydrogen-bond acceptors (Lipinski definition) is 6. The van der Waals surface area contributed by atoms with Gasteiger partial charge in [-0.2, -0.15) is 0 Å². The summed E-state index contributed by atoms with van der Waals surface area (Å²) < 4.78 is 33.7. The molecule has 2 aromatic carbocycles. The van der Waals surface area contributed by atoms with Gasteiger partial charge >= 0.3 is 0 Å². The van der Waals surface area contributed by atoms with E-state index < -0.39 is 18.1 Å². The molecule has 226 valence electrons. The van der Waals surface area contributed by atoms with Gasteiger partial charge < -0.3 is 15.0 Å². The number of methoxy groups -OCH3 is 1. The molecule has 2 aliphatic rings. The van der Waals surface area contributed by atoms with E-state index in [1.54, 1.807) is 55.3 Å². The van der Waals surface area contributed by atoms with Crippen molar-refractivity contribution in [2.75, 3.05) is 33.3 Å². The number of aryl methyl sites for hydroxylation is 1. The molecule has 1 aromatic heterocycles. The van der Waals surface area contributed by atoms with Crippen molar-refractivity contribution in [3.63, 3.8) is 0 Å². The van der Waals surface area contributed by atoms with Gasteiger partial charge in [0.15, 0.2) is 5.78 Å². The summed E-state index contributed by atoms with van der Waals surface area (Å²) in [6.45, 7) is 3.84. The smallest absolute Gasteiger partial charge is 0.272 e. The number of piperidine rings is 2. The summed E-state index contributed by atoms with van der Waals surface area (Å²) >= 11 is 0. The van der Waals surface area contributed by atoms with Crippen LogP contribution in [-0.4, -0.2) is 77.9 Å². The minimum atomic E-state index is -1.26. The van der Waals surface area contributed by atoms with Gasteiger partial charge in [-0.1, -0.05) is 12.1 Å². The second kappa shape index (κ2) is 13.4. The fraction of sp³-hybridized carbons (Fsp3) is 0.394. The molecule has 43 heavy (non-hydrogen) atoms. The fourth-order valence-electron chi connectivity index (χ4n) is 5.74. The number of ether oxygens (including phenoxy) is 1. The van der Waals surface area contributed by atoms with Crippen molar-refractivity contribution in [1.29, 1.82) is 0 Å². The summed E-state index contributed by atoms with van der Waals surface area (Å²) in [6, 6.07) is 14.3. The molecule has 3 aromatic rings. The fourth-order valence-corrected chi connectivity index (χ4v) is 5.74. The largest absolute Gasteiger partial charge is 0.497 e. The minimum absolute atomic E-state index is 0.0624. The molecule has 2 fully saturated rings. The SMILES string of the molecule is COc1ccc(C(=O)C2CCN(C(=O)c3ccc(C(=O)N[C@@H]4CCN(Cc5ccc(F)c(C)c5)C[C@H]4F)cn3)CC2)cc1. The van der Waals surface area contributed by atoms with E-state index in [1.165, 1.54) is 24.4 Å². The molecule has 2 saturated heterocycles. The number of carbonyl (C=O) groups excluding carboxylic acids is 3. The Morgan fingerprint density at radius 3 is 2.33 bits per heavy atom. The van der Waals surface area contributed by atoms with Gasteiger partial charge in [0.25, 0.3) is 11.8 Å². The Labute approximate surface area is 250 Å². The number of likely N-dealkylation sites (tertiary alicyclic amines) is 2. The molecule has 0 unspecified atom stereocenters. The van der Waals surface area contributed by atoms with Crippen molar-refractivity contribution in [3.8, 4) is 5.75 Å². The van der Waals surface area contributed by atoms with Gasteiger partial charge in [-0.25, -0.2) is 8.78 Å². The van der Waals surface area contributed by atoms with Crippen molar-refractivity contribution in [3.05, 3.63) is 94.6 Å². The zero-order valence-corrected chi connectivity index (χ0v) is 24.4. The minimum Gasteiger partial charge on any atom is -0.497 e. The lowest BCUT2D eigenvalue weighted by Crippen LogP contribution is -2.52. The second-order valence-electron chi connectivity index (χ2n) is 11.3. The molecule has 5 rings (SSSR count). The van der Waals surface area contributed by atoms with Crippen molar-refractivity contribution in [2.45, 2.75) is 44.9 Å². The molecule has 0 bridgehead atoms. The highest BCUT2D eigenvalue weighted by atomic mass is 19.1. The molecule has 0 saturated carbocycles. The van der Waals surface area contributed by atoms with Crippen LogP contribution in [0.2, 0.25) is 0 Å². The molecule has 1 N–H and O–H groups in total. The molecule has 8 nitrogen and oxygen atoms in total. The Morgan fingerprint density at radius 2 is 1.70 bits per heavy atom. The quantitative estimate of drug-likeness (QED) is 0.385. The zero-order valence-electron chi connectivity index (χ0n) is 24.4. The van der Waals surface area contributed by atoms with E-state index in [1.807, 2.05) is 4.90 Å². The lowest BCUT2D eigenvalue weighted by molar-refractivity contribution is 0.0645. The first-order valence-corrected chi connectivity index (χ1v) is 14.6. The van der Waals surface area contributed by atoms with Gasteiger partial charge in [-0.05, 0) is 79.8 Å². The van der Waals surface area contributed by atoms with Gasteiger partial charge in [0.1, 0.15) is 23.4 Å². The highest BCUT2D eigenvalue weighted by molar-refractivity contribution is 5.99. The predicted molar refractivity (Wildman–Crippen MR) is 157 cm³/mol. The Bertz CT molecular complexity index is 1460. The van der Waals surface area contributed by atoms with E-state index in [2.05, 4.69) is 10.3 Å². The van der Waals surface area contributed by atoms with Gasteiger partial charge in [0, 0.05) is 50.4 Å². The summed E-state index contributed by atoms with van der Waals surface area (Å²) in [5.74, 6) is -0.369. The molecule has 0 aliphatic carbocycles. The zero-order chi connectivity index (χ0) is 30.5. The topological polar surface area (TPSA) is 91.8 Å². The number of rotatable bonds is 8. The maximum Gasteiger partial charge on any atom is 0.272 e. The number of alkyl halides is 1. The Hall–Kier alpha value is -4.18. The molecule has 2 atom stereocenters. The van der Waals surface area contributed by atoms with Crippen LogP contribution in [-0.2, 0) is 6.54 Å². The van der Waals surface area contributed by atoms with Crippen LogP contribution in [0.25, 0.3) is 0 Å². The van der Waals surface area contributed by atoms with Gasteiger partial charge in [0.2, 0.25) is 0 Å². The number of hydrogen-bond donors (Lipinski definition) is 1. The lowest BCUT2D eigenvalue weighted by Gasteiger charge is -2.35. The Morgan fingerprint density at radius 1 is 0.977 bits per heavy atom. The number of ketones is 1. The summed E-state index contributed by atoms with van der Waals surface area (Å²) in [7, 11) is 1.58. The molecule has 3 heterocycles. The van der Waals surface area contributed by atoms with E-state index in [4.69, 9.17) is 4.74 Å². The summed E-state index contributed by atoms with van der Waals surface area (Å²) in [5.41, 5.74) is 2.56. The number of nitrogens with zero attached hydrogens (tertiary/aromatic N) is 3. The maximum atomic E-state index is 15.0. The van der Waals surface area contributed by atoms with Crippen LogP contribution >= 0.6 is 0 Å².